The lowest BCUT2D eigenvalue weighted by Crippen LogP contribution is -2.59. The molecule has 18 heavy (non-hydrogen) atoms. The van der Waals surface area contributed by atoms with Crippen molar-refractivity contribution >= 4 is 0 Å². The second-order valence-electron chi connectivity index (χ2n) is 6.67. The number of likely N-dealkylation sites (tertiary alicyclic amines) is 1. The van der Waals surface area contributed by atoms with Gasteiger partial charge in [0.25, 0.3) is 0 Å². The van der Waals surface area contributed by atoms with E-state index in [1.54, 1.807) is 0 Å². The summed E-state index contributed by atoms with van der Waals surface area (Å²) in [6, 6.07) is 1.43. The summed E-state index contributed by atoms with van der Waals surface area (Å²) >= 11 is 0. The minimum atomic E-state index is 0.661. The topological polar surface area (TPSA) is 18.5 Å². The molecule has 4 heterocycles. The molecular formula is C15H29N3. The van der Waals surface area contributed by atoms with Gasteiger partial charge in [0.15, 0.2) is 0 Å². The lowest BCUT2D eigenvalue weighted by Gasteiger charge is -2.46. The number of hydrogen-bond acceptors (Lipinski definition) is 3. The molecule has 0 radical (unpaired) electrons. The average molecular weight is 251 g/mol. The molecule has 3 heteroatoms. The van der Waals surface area contributed by atoms with E-state index in [1.165, 1.54) is 71.4 Å². The Kier molecular flexibility index (Phi) is 4.22. The van der Waals surface area contributed by atoms with E-state index in [9.17, 15) is 0 Å². The highest BCUT2D eigenvalue weighted by atomic mass is 15.2. The van der Waals surface area contributed by atoms with Gasteiger partial charge in [-0.3, -0.25) is 0 Å². The first kappa shape index (κ1) is 12.9. The summed E-state index contributed by atoms with van der Waals surface area (Å²) in [6.07, 6.45) is 7.11. The van der Waals surface area contributed by atoms with E-state index >= 15 is 0 Å². The fourth-order valence-electron chi connectivity index (χ4n) is 4.10. The zero-order valence-electron chi connectivity index (χ0n) is 11.9. The SMILES string of the molecule is CC(CN1CCCCC1)NC1CN2CCC1CC2. The molecular weight excluding hydrogens is 222 g/mol. The Balaban J connectivity index is 1.44. The maximum atomic E-state index is 3.91. The molecule has 104 valence electrons. The van der Waals surface area contributed by atoms with Crippen LogP contribution < -0.4 is 5.32 Å². The zero-order chi connectivity index (χ0) is 12.4. The van der Waals surface area contributed by atoms with Gasteiger partial charge in [-0.25, -0.2) is 0 Å². The van der Waals surface area contributed by atoms with Crippen LogP contribution in [0.15, 0.2) is 0 Å². The number of fused-ring (bicyclic) bond motifs is 3. The number of piperidine rings is 4. The van der Waals surface area contributed by atoms with Crippen molar-refractivity contribution in [1.29, 1.82) is 0 Å². The quantitative estimate of drug-likeness (QED) is 0.818. The van der Waals surface area contributed by atoms with Crippen LogP contribution >= 0.6 is 0 Å². The number of hydrogen-bond donors (Lipinski definition) is 1. The van der Waals surface area contributed by atoms with Gasteiger partial charge in [-0.05, 0) is 64.7 Å². The fraction of sp³-hybridized carbons (Fsp3) is 1.00. The third kappa shape index (κ3) is 3.06. The Bertz CT molecular complexity index is 254. The predicted octanol–water partition coefficient (Wildman–Crippen LogP) is 1.54. The standard InChI is InChI=1S/C15H29N3/c1-13(11-17-7-3-2-4-8-17)16-15-12-18-9-5-14(15)6-10-18/h13-16H,2-12H2,1H3. The Hall–Kier alpha value is -0.120. The first-order valence-electron chi connectivity index (χ1n) is 8.02. The Morgan fingerprint density at radius 3 is 2.39 bits per heavy atom. The van der Waals surface area contributed by atoms with Crippen LogP contribution in [0.3, 0.4) is 0 Å². The Morgan fingerprint density at radius 1 is 1.06 bits per heavy atom. The van der Waals surface area contributed by atoms with Gasteiger partial charge in [0.1, 0.15) is 0 Å². The molecule has 0 aromatic heterocycles. The lowest BCUT2D eigenvalue weighted by atomic mass is 9.83. The van der Waals surface area contributed by atoms with Crippen molar-refractivity contribution in [3.05, 3.63) is 0 Å². The van der Waals surface area contributed by atoms with E-state index in [2.05, 4.69) is 22.0 Å². The number of rotatable bonds is 4. The lowest BCUT2D eigenvalue weighted by molar-refractivity contribution is 0.0642. The van der Waals surface area contributed by atoms with Crippen molar-refractivity contribution in [3.8, 4) is 0 Å². The van der Waals surface area contributed by atoms with E-state index in [0.29, 0.717) is 6.04 Å². The molecule has 1 N–H and O–H groups in total. The van der Waals surface area contributed by atoms with E-state index in [-0.39, 0.29) is 0 Å². The maximum absolute atomic E-state index is 3.91. The second kappa shape index (κ2) is 5.89. The van der Waals surface area contributed by atoms with Crippen molar-refractivity contribution in [2.45, 2.75) is 51.1 Å². The molecule has 4 saturated heterocycles. The summed E-state index contributed by atoms with van der Waals surface area (Å²) < 4.78 is 0. The average Bonchev–Trinajstić information content (AvgIpc) is 2.41. The van der Waals surface area contributed by atoms with Crippen LogP contribution in [0.4, 0.5) is 0 Å². The van der Waals surface area contributed by atoms with Gasteiger partial charge < -0.3 is 15.1 Å². The molecule has 4 aliphatic rings. The van der Waals surface area contributed by atoms with Gasteiger partial charge in [0, 0.05) is 25.2 Å². The van der Waals surface area contributed by atoms with Gasteiger partial charge in [0.05, 0.1) is 0 Å². The third-order valence-electron chi connectivity index (χ3n) is 5.14. The van der Waals surface area contributed by atoms with Crippen molar-refractivity contribution in [1.82, 2.24) is 15.1 Å². The predicted molar refractivity (Wildman–Crippen MR) is 75.8 cm³/mol. The molecule has 4 fully saturated rings. The van der Waals surface area contributed by atoms with Crippen LogP contribution in [0.2, 0.25) is 0 Å². The van der Waals surface area contributed by atoms with Gasteiger partial charge >= 0.3 is 0 Å². The number of nitrogens with zero attached hydrogens (tertiary/aromatic N) is 2. The van der Waals surface area contributed by atoms with E-state index in [4.69, 9.17) is 0 Å². The van der Waals surface area contributed by atoms with E-state index in [0.717, 1.165) is 12.0 Å². The summed E-state index contributed by atoms with van der Waals surface area (Å²) in [5.74, 6) is 0.957. The van der Waals surface area contributed by atoms with Crippen LogP contribution in [-0.4, -0.2) is 61.2 Å². The summed E-state index contributed by atoms with van der Waals surface area (Å²) in [6.45, 7) is 10.3. The highest BCUT2D eigenvalue weighted by Gasteiger charge is 2.34. The van der Waals surface area contributed by atoms with Gasteiger partial charge in [0.2, 0.25) is 0 Å². The molecule has 0 aromatic carbocycles. The van der Waals surface area contributed by atoms with Gasteiger partial charge in [-0.1, -0.05) is 6.42 Å². The van der Waals surface area contributed by atoms with Crippen molar-refractivity contribution in [3.63, 3.8) is 0 Å². The minimum absolute atomic E-state index is 0.661. The third-order valence-corrected chi connectivity index (χ3v) is 5.14. The van der Waals surface area contributed by atoms with Crippen molar-refractivity contribution in [2.24, 2.45) is 5.92 Å². The highest BCUT2D eigenvalue weighted by molar-refractivity contribution is 4.92. The molecule has 0 aromatic rings. The first-order chi connectivity index (χ1) is 8.81. The van der Waals surface area contributed by atoms with Crippen LogP contribution in [0.1, 0.15) is 39.0 Å². The molecule has 2 unspecified atom stereocenters. The molecule has 4 rings (SSSR count). The second-order valence-corrected chi connectivity index (χ2v) is 6.67. The molecule has 3 nitrogen and oxygen atoms in total. The molecule has 2 bridgehead atoms. The molecule has 0 aliphatic carbocycles. The molecule has 2 atom stereocenters. The summed E-state index contributed by atoms with van der Waals surface area (Å²) in [5, 5.41) is 3.91. The van der Waals surface area contributed by atoms with E-state index in [1.807, 2.05) is 0 Å². The monoisotopic (exact) mass is 251 g/mol. The smallest absolute Gasteiger partial charge is 0.0227 e. The number of nitrogens with one attached hydrogen (secondary N) is 1. The van der Waals surface area contributed by atoms with Gasteiger partial charge in [-0.15, -0.1) is 0 Å². The van der Waals surface area contributed by atoms with Crippen molar-refractivity contribution < 1.29 is 0 Å². The van der Waals surface area contributed by atoms with Gasteiger partial charge in [-0.2, -0.15) is 0 Å². The minimum Gasteiger partial charge on any atom is -0.309 e. The van der Waals surface area contributed by atoms with Crippen LogP contribution in [0.5, 0.6) is 0 Å². The molecule has 0 saturated carbocycles. The van der Waals surface area contributed by atoms with Crippen LogP contribution in [-0.2, 0) is 0 Å². The fourth-order valence-corrected chi connectivity index (χ4v) is 4.10. The zero-order valence-corrected chi connectivity index (χ0v) is 11.9. The maximum Gasteiger partial charge on any atom is 0.0227 e. The van der Waals surface area contributed by atoms with Crippen LogP contribution in [0, 0.1) is 5.92 Å². The Morgan fingerprint density at radius 2 is 1.78 bits per heavy atom. The molecule has 4 aliphatic heterocycles. The van der Waals surface area contributed by atoms with E-state index < -0.39 is 0 Å². The normalized spacial score (nSPS) is 38.8. The molecule has 0 spiro atoms. The summed E-state index contributed by atoms with van der Waals surface area (Å²) in [5.41, 5.74) is 0. The highest BCUT2D eigenvalue weighted by Crippen LogP contribution is 2.27. The summed E-state index contributed by atoms with van der Waals surface area (Å²) in [4.78, 5) is 5.30. The van der Waals surface area contributed by atoms with Crippen molar-refractivity contribution in [2.75, 3.05) is 39.3 Å². The largest absolute Gasteiger partial charge is 0.309 e. The first-order valence-corrected chi connectivity index (χ1v) is 8.02. The molecule has 0 amide bonds. The summed E-state index contributed by atoms with van der Waals surface area (Å²) in [7, 11) is 0. The van der Waals surface area contributed by atoms with Crippen LogP contribution in [0.25, 0.3) is 0 Å². The Labute approximate surface area is 112 Å².